The van der Waals surface area contributed by atoms with Crippen molar-refractivity contribution in [2.75, 3.05) is 5.32 Å². The third kappa shape index (κ3) is 5.07. The number of benzene rings is 2. The van der Waals surface area contributed by atoms with Crippen LogP contribution in [-0.4, -0.2) is 16.7 Å². The van der Waals surface area contributed by atoms with Crippen LogP contribution < -0.4 is 10.6 Å². The van der Waals surface area contributed by atoms with Crippen LogP contribution in [0.4, 0.5) is 10.8 Å². The molecule has 0 aliphatic carbocycles. The highest BCUT2D eigenvalue weighted by atomic mass is 35.5. The summed E-state index contributed by atoms with van der Waals surface area (Å²) < 4.78 is 0. The molecule has 0 bridgehead atoms. The van der Waals surface area contributed by atoms with E-state index in [2.05, 4.69) is 15.6 Å². The van der Waals surface area contributed by atoms with E-state index < -0.39 is 0 Å². The van der Waals surface area contributed by atoms with Gasteiger partial charge in [-0.3, -0.25) is 9.59 Å². The number of nitrogens with zero attached hydrogens (tertiary/aromatic N) is 1. The number of nitrogens with one attached hydrogen (secondary N) is 2. The lowest BCUT2D eigenvalue weighted by molar-refractivity contribution is 0.0949. The van der Waals surface area contributed by atoms with Gasteiger partial charge in [-0.25, -0.2) is 4.98 Å². The van der Waals surface area contributed by atoms with Crippen molar-refractivity contribution in [1.29, 1.82) is 0 Å². The maximum Gasteiger partial charge on any atom is 0.251 e. The van der Waals surface area contributed by atoms with Crippen LogP contribution in [0.1, 0.15) is 33.3 Å². The third-order valence-electron chi connectivity index (χ3n) is 3.71. The average Bonchev–Trinajstić information content (AvgIpc) is 3.10. The Morgan fingerprint density at radius 1 is 1.04 bits per heavy atom. The molecule has 1 aromatic heterocycles. The SMILES string of the molecule is CC(=O)c1ccc(Nc2nc(CNC(=O)c3ccc(Cl)c(Cl)c3)cs2)cc1. The second kappa shape index (κ2) is 8.52. The first-order valence-electron chi connectivity index (χ1n) is 7.98. The number of rotatable bonds is 6. The van der Waals surface area contributed by atoms with E-state index >= 15 is 0 Å². The normalized spacial score (nSPS) is 10.5. The Labute approximate surface area is 170 Å². The predicted molar refractivity (Wildman–Crippen MR) is 109 cm³/mol. The highest BCUT2D eigenvalue weighted by Gasteiger charge is 2.09. The van der Waals surface area contributed by atoms with Crippen molar-refractivity contribution in [2.45, 2.75) is 13.5 Å². The van der Waals surface area contributed by atoms with Crippen LogP contribution in [0.15, 0.2) is 47.8 Å². The molecule has 2 N–H and O–H groups in total. The fourth-order valence-electron chi connectivity index (χ4n) is 2.27. The molecule has 2 aromatic carbocycles. The Morgan fingerprint density at radius 2 is 1.74 bits per heavy atom. The first-order valence-corrected chi connectivity index (χ1v) is 9.61. The molecule has 0 unspecified atom stereocenters. The number of ketones is 1. The Morgan fingerprint density at radius 3 is 2.41 bits per heavy atom. The van der Waals surface area contributed by atoms with Gasteiger partial charge in [0, 0.05) is 22.2 Å². The maximum atomic E-state index is 12.2. The number of carbonyl (C=O) groups is 2. The lowest BCUT2D eigenvalue weighted by Gasteiger charge is -2.05. The number of Topliss-reactive ketones (excluding diaryl/α,β-unsaturated/α-hetero) is 1. The fraction of sp³-hybridized carbons (Fsp3) is 0.105. The van der Waals surface area contributed by atoms with E-state index in [0.29, 0.717) is 32.8 Å². The monoisotopic (exact) mass is 419 g/mol. The van der Waals surface area contributed by atoms with E-state index in [0.717, 1.165) is 11.4 Å². The van der Waals surface area contributed by atoms with E-state index in [1.165, 1.54) is 24.3 Å². The van der Waals surface area contributed by atoms with Gasteiger partial charge in [0.1, 0.15) is 0 Å². The zero-order valence-corrected chi connectivity index (χ0v) is 16.6. The topological polar surface area (TPSA) is 71.1 Å². The molecular weight excluding hydrogens is 405 g/mol. The molecule has 0 radical (unpaired) electrons. The number of amides is 1. The lowest BCUT2D eigenvalue weighted by Crippen LogP contribution is -2.22. The molecule has 0 saturated heterocycles. The second-order valence-electron chi connectivity index (χ2n) is 5.71. The van der Waals surface area contributed by atoms with E-state index in [1.807, 2.05) is 17.5 Å². The van der Waals surface area contributed by atoms with Gasteiger partial charge in [-0.2, -0.15) is 0 Å². The summed E-state index contributed by atoms with van der Waals surface area (Å²) in [6.45, 7) is 1.82. The molecule has 0 spiro atoms. The molecule has 0 atom stereocenters. The van der Waals surface area contributed by atoms with Gasteiger partial charge in [0.25, 0.3) is 5.91 Å². The van der Waals surface area contributed by atoms with Crippen LogP contribution in [-0.2, 0) is 6.54 Å². The molecule has 0 fully saturated rings. The number of hydrogen-bond acceptors (Lipinski definition) is 5. The molecular formula is C19H15Cl2N3O2S. The average molecular weight is 420 g/mol. The van der Waals surface area contributed by atoms with Crippen molar-refractivity contribution in [2.24, 2.45) is 0 Å². The number of aromatic nitrogens is 1. The standard InChI is InChI=1S/C19H15Cl2N3O2S/c1-11(25)12-2-5-14(6-3-12)23-19-24-15(10-27-19)9-22-18(26)13-4-7-16(20)17(21)8-13/h2-8,10H,9H2,1H3,(H,22,26)(H,23,24). The quantitative estimate of drug-likeness (QED) is 0.529. The van der Waals surface area contributed by atoms with Gasteiger partial charge in [0.15, 0.2) is 10.9 Å². The van der Waals surface area contributed by atoms with Crippen LogP contribution in [0.5, 0.6) is 0 Å². The molecule has 1 heterocycles. The van der Waals surface area contributed by atoms with Gasteiger partial charge in [-0.15, -0.1) is 11.3 Å². The molecule has 1 amide bonds. The van der Waals surface area contributed by atoms with Crippen molar-refractivity contribution in [3.05, 3.63) is 74.7 Å². The minimum Gasteiger partial charge on any atom is -0.346 e. The summed E-state index contributed by atoms with van der Waals surface area (Å²) in [5.41, 5.74) is 2.66. The molecule has 0 aliphatic heterocycles. The van der Waals surface area contributed by atoms with E-state index in [9.17, 15) is 9.59 Å². The summed E-state index contributed by atoms with van der Waals surface area (Å²) in [4.78, 5) is 27.9. The zero-order chi connectivity index (χ0) is 19.4. The molecule has 0 aliphatic rings. The molecule has 3 aromatic rings. The fourth-order valence-corrected chi connectivity index (χ4v) is 3.30. The first kappa shape index (κ1) is 19.4. The van der Waals surface area contributed by atoms with Crippen molar-refractivity contribution < 1.29 is 9.59 Å². The number of halogens is 2. The van der Waals surface area contributed by atoms with Crippen LogP contribution in [0, 0.1) is 0 Å². The molecule has 8 heteroatoms. The molecule has 3 rings (SSSR count). The number of hydrogen-bond donors (Lipinski definition) is 2. The number of anilines is 2. The summed E-state index contributed by atoms with van der Waals surface area (Å²) in [5.74, 6) is -0.230. The van der Waals surface area contributed by atoms with Gasteiger partial charge in [-0.05, 0) is 49.4 Å². The van der Waals surface area contributed by atoms with Crippen LogP contribution in [0.3, 0.4) is 0 Å². The largest absolute Gasteiger partial charge is 0.346 e. The summed E-state index contributed by atoms with van der Waals surface area (Å²) in [6.07, 6.45) is 0. The Kier molecular flexibility index (Phi) is 6.11. The minimum atomic E-state index is -0.254. The van der Waals surface area contributed by atoms with Crippen LogP contribution >= 0.6 is 34.5 Å². The Balaban J connectivity index is 1.58. The van der Waals surface area contributed by atoms with E-state index in [1.54, 1.807) is 24.3 Å². The Bertz CT molecular complexity index is 987. The van der Waals surface area contributed by atoms with Crippen LogP contribution in [0.2, 0.25) is 10.0 Å². The van der Waals surface area contributed by atoms with Gasteiger partial charge < -0.3 is 10.6 Å². The minimum absolute atomic E-state index is 0.0239. The van der Waals surface area contributed by atoms with Gasteiger partial charge in [-0.1, -0.05) is 23.2 Å². The number of carbonyl (C=O) groups excluding carboxylic acids is 2. The highest BCUT2D eigenvalue weighted by molar-refractivity contribution is 7.13. The second-order valence-corrected chi connectivity index (χ2v) is 7.39. The maximum absolute atomic E-state index is 12.2. The van der Waals surface area contributed by atoms with Gasteiger partial charge in [0.2, 0.25) is 0 Å². The molecule has 138 valence electrons. The molecule has 5 nitrogen and oxygen atoms in total. The first-order chi connectivity index (χ1) is 12.9. The van der Waals surface area contributed by atoms with Crippen LogP contribution in [0.25, 0.3) is 0 Å². The molecule has 27 heavy (non-hydrogen) atoms. The summed E-state index contributed by atoms with van der Waals surface area (Å²) in [5, 5.41) is 9.27. The summed E-state index contributed by atoms with van der Waals surface area (Å²) in [7, 11) is 0. The van der Waals surface area contributed by atoms with E-state index in [4.69, 9.17) is 23.2 Å². The van der Waals surface area contributed by atoms with Crippen molar-refractivity contribution in [1.82, 2.24) is 10.3 Å². The molecule has 0 saturated carbocycles. The highest BCUT2D eigenvalue weighted by Crippen LogP contribution is 2.23. The smallest absolute Gasteiger partial charge is 0.251 e. The van der Waals surface area contributed by atoms with Gasteiger partial charge >= 0.3 is 0 Å². The zero-order valence-electron chi connectivity index (χ0n) is 14.3. The van der Waals surface area contributed by atoms with Gasteiger partial charge in [0.05, 0.1) is 22.3 Å². The Hall–Kier alpha value is -2.41. The summed E-state index contributed by atoms with van der Waals surface area (Å²) >= 11 is 13.2. The number of thiazole rings is 1. The summed E-state index contributed by atoms with van der Waals surface area (Å²) in [6, 6.07) is 11.9. The van der Waals surface area contributed by atoms with Crippen molar-refractivity contribution in [3.63, 3.8) is 0 Å². The van der Waals surface area contributed by atoms with Crippen molar-refractivity contribution in [3.8, 4) is 0 Å². The lowest BCUT2D eigenvalue weighted by atomic mass is 10.1. The predicted octanol–water partition coefficient (Wildman–Crippen LogP) is 5.33. The van der Waals surface area contributed by atoms with Crippen molar-refractivity contribution >= 4 is 57.0 Å². The third-order valence-corrected chi connectivity index (χ3v) is 5.25. The van der Waals surface area contributed by atoms with E-state index in [-0.39, 0.29) is 11.7 Å².